The fourth-order valence-electron chi connectivity index (χ4n) is 3.86. The van der Waals surface area contributed by atoms with Crippen LogP contribution in [0.4, 0.5) is 5.82 Å². The number of hydrogen-bond acceptors (Lipinski definition) is 6. The number of nitrogens with zero attached hydrogens (tertiary/aromatic N) is 7. The van der Waals surface area contributed by atoms with Gasteiger partial charge in [0.1, 0.15) is 12.1 Å². The summed E-state index contributed by atoms with van der Waals surface area (Å²) in [5.74, 6) is 1.33. The van der Waals surface area contributed by atoms with E-state index in [1.807, 2.05) is 13.2 Å². The van der Waals surface area contributed by atoms with Crippen molar-refractivity contribution in [2.45, 2.75) is 25.8 Å². The second kappa shape index (κ2) is 5.37. The van der Waals surface area contributed by atoms with Crippen LogP contribution in [0.2, 0.25) is 0 Å². The first kappa shape index (κ1) is 14.6. The van der Waals surface area contributed by atoms with Gasteiger partial charge in [0.25, 0.3) is 5.56 Å². The van der Waals surface area contributed by atoms with Gasteiger partial charge in [-0.2, -0.15) is 10.2 Å². The number of aryl methyl sites for hydroxylation is 3. The standard InChI is InChI=1S/C17H19N7O/c1-22-9-13-16(21-22)18-10-19-17(13)23-6-11(7-23)8-24-15(25)5-12-3-2-4-14(12)20-24/h5,9-11H,2-4,6-8H2,1H3. The van der Waals surface area contributed by atoms with Gasteiger partial charge in [-0.05, 0) is 24.8 Å². The Hall–Kier alpha value is -2.77. The molecule has 0 aromatic carbocycles. The summed E-state index contributed by atoms with van der Waals surface area (Å²) in [7, 11) is 1.89. The van der Waals surface area contributed by atoms with Crippen LogP contribution in [0.15, 0.2) is 23.4 Å². The summed E-state index contributed by atoms with van der Waals surface area (Å²) >= 11 is 0. The van der Waals surface area contributed by atoms with Crippen molar-refractivity contribution in [3.05, 3.63) is 40.2 Å². The van der Waals surface area contributed by atoms with Crippen molar-refractivity contribution in [3.8, 4) is 0 Å². The molecule has 1 fully saturated rings. The Kier molecular flexibility index (Phi) is 3.13. The Labute approximate surface area is 144 Å². The molecule has 5 rings (SSSR count). The van der Waals surface area contributed by atoms with E-state index in [9.17, 15) is 4.79 Å². The van der Waals surface area contributed by atoms with Gasteiger partial charge < -0.3 is 4.90 Å². The summed E-state index contributed by atoms with van der Waals surface area (Å²) in [6.07, 6.45) is 6.60. The fourth-order valence-corrected chi connectivity index (χ4v) is 3.86. The maximum atomic E-state index is 12.2. The molecule has 8 heteroatoms. The van der Waals surface area contributed by atoms with Crippen LogP contribution in [0.5, 0.6) is 0 Å². The zero-order valence-electron chi connectivity index (χ0n) is 14.1. The summed E-state index contributed by atoms with van der Waals surface area (Å²) in [4.78, 5) is 23.1. The predicted octanol–water partition coefficient (Wildman–Crippen LogP) is 0.545. The maximum absolute atomic E-state index is 12.2. The molecule has 8 nitrogen and oxygen atoms in total. The van der Waals surface area contributed by atoms with Gasteiger partial charge in [-0.15, -0.1) is 0 Å². The highest BCUT2D eigenvalue weighted by atomic mass is 16.1. The average molecular weight is 337 g/mol. The Balaban J connectivity index is 1.33. The van der Waals surface area contributed by atoms with Crippen LogP contribution in [0.25, 0.3) is 11.0 Å². The van der Waals surface area contributed by atoms with Crippen molar-refractivity contribution in [1.82, 2.24) is 29.5 Å². The van der Waals surface area contributed by atoms with Crippen LogP contribution in [0.3, 0.4) is 0 Å². The van der Waals surface area contributed by atoms with E-state index in [-0.39, 0.29) is 5.56 Å². The van der Waals surface area contributed by atoms with E-state index in [4.69, 9.17) is 0 Å². The van der Waals surface area contributed by atoms with E-state index < -0.39 is 0 Å². The Bertz CT molecular complexity index is 1020. The fraction of sp³-hybridized carbons (Fsp3) is 0.471. The van der Waals surface area contributed by atoms with Crippen molar-refractivity contribution >= 4 is 16.9 Å². The molecule has 0 bridgehead atoms. The molecule has 3 aromatic rings. The minimum absolute atomic E-state index is 0.0239. The van der Waals surface area contributed by atoms with Gasteiger partial charge in [0.2, 0.25) is 0 Å². The van der Waals surface area contributed by atoms with Crippen LogP contribution >= 0.6 is 0 Å². The van der Waals surface area contributed by atoms with Crippen LogP contribution in [0.1, 0.15) is 17.7 Å². The van der Waals surface area contributed by atoms with E-state index in [2.05, 4.69) is 25.1 Å². The van der Waals surface area contributed by atoms with E-state index >= 15 is 0 Å². The molecule has 1 aliphatic carbocycles. The van der Waals surface area contributed by atoms with Crippen LogP contribution in [-0.2, 0) is 26.4 Å². The zero-order valence-corrected chi connectivity index (χ0v) is 14.1. The van der Waals surface area contributed by atoms with Gasteiger partial charge in [0, 0.05) is 38.3 Å². The Morgan fingerprint density at radius 3 is 2.96 bits per heavy atom. The van der Waals surface area contributed by atoms with Gasteiger partial charge in [-0.3, -0.25) is 9.48 Å². The Morgan fingerprint density at radius 2 is 2.08 bits per heavy atom. The topological polar surface area (TPSA) is 81.7 Å². The number of anilines is 1. The highest BCUT2D eigenvalue weighted by Gasteiger charge is 2.30. The van der Waals surface area contributed by atoms with E-state index in [0.29, 0.717) is 18.1 Å². The van der Waals surface area contributed by atoms with E-state index in [0.717, 1.165) is 54.8 Å². The molecule has 0 radical (unpaired) electrons. The summed E-state index contributed by atoms with van der Waals surface area (Å²) in [6.45, 7) is 2.41. The molecule has 0 N–H and O–H groups in total. The second-order valence-corrected chi connectivity index (χ2v) is 7.00. The van der Waals surface area contributed by atoms with Crippen molar-refractivity contribution in [3.63, 3.8) is 0 Å². The quantitative estimate of drug-likeness (QED) is 0.694. The summed E-state index contributed by atoms with van der Waals surface area (Å²) < 4.78 is 3.40. The normalized spacial score (nSPS) is 17.1. The molecule has 0 spiro atoms. The third-order valence-electron chi connectivity index (χ3n) is 5.12. The summed E-state index contributed by atoms with van der Waals surface area (Å²) in [5.41, 5.74) is 2.98. The molecule has 0 atom stereocenters. The highest BCUT2D eigenvalue weighted by molar-refractivity contribution is 5.86. The lowest BCUT2D eigenvalue weighted by Gasteiger charge is -2.40. The lowest BCUT2D eigenvalue weighted by molar-refractivity contribution is 0.332. The molecule has 1 aliphatic heterocycles. The minimum Gasteiger partial charge on any atom is -0.355 e. The number of fused-ring (bicyclic) bond motifs is 2. The third kappa shape index (κ3) is 2.40. The minimum atomic E-state index is 0.0239. The monoisotopic (exact) mass is 337 g/mol. The maximum Gasteiger partial charge on any atom is 0.267 e. The van der Waals surface area contributed by atoms with Crippen molar-refractivity contribution < 1.29 is 0 Å². The first-order valence-electron chi connectivity index (χ1n) is 8.66. The lowest BCUT2D eigenvalue weighted by atomic mass is 10.00. The zero-order chi connectivity index (χ0) is 17.0. The molecule has 25 heavy (non-hydrogen) atoms. The first-order chi connectivity index (χ1) is 12.2. The summed E-state index contributed by atoms with van der Waals surface area (Å²) in [5, 5.41) is 9.87. The lowest BCUT2D eigenvalue weighted by Crippen LogP contribution is -2.50. The summed E-state index contributed by atoms with van der Waals surface area (Å²) in [6, 6.07) is 1.77. The van der Waals surface area contributed by atoms with Crippen LogP contribution in [-0.4, -0.2) is 42.6 Å². The SMILES string of the molecule is Cn1cc2c(N3CC(Cn4nc5c(cc4=O)CCC5)C3)ncnc2n1. The van der Waals surface area contributed by atoms with E-state index in [1.165, 1.54) is 0 Å². The van der Waals surface area contributed by atoms with Gasteiger partial charge in [-0.1, -0.05) is 0 Å². The molecule has 4 heterocycles. The second-order valence-electron chi connectivity index (χ2n) is 7.00. The largest absolute Gasteiger partial charge is 0.355 e. The molecule has 3 aromatic heterocycles. The molecule has 0 amide bonds. The molecule has 0 unspecified atom stereocenters. The van der Waals surface area contributed by atoms with Crippen LogP contribution in [0, 0.1) is 5.92 Å². The van der Waals surface area contributed by atoms with Crippen molar-refractivity contribution in [1.29, 1.82) is 0 Å². The highest BCUT2D eigenvalue weighted by Crippen LogP contribution is 2.29. The predicted molar refractivity (Wildman–Crippen MR) is 92.5 cm³/mol. The number of aromatic nitrogens is 6. The van der Waals surface area contributed by atoms with E-state index in [1.54, 1.807) is 21.8 Å². The van der Waals surface area contributed by atoms with Crippen molar-refractivity contribution in [2.75, 3.05) is 18.0 Å². The molecule has 128 valence electrons. The van der Waals surface area contributed by atoms with Gasteiger partial charge in [0.15, 0.2) is 5.65 Å². The van der Waals surface area contributed by atoms with Gasteiger partial charge in [0.05, 0.1) is 17.6 Å². The average Bonchev–Trinajstić information content (AvgIpc) is 3.15. The van der Waals surface area contributed by atoms with Crippen molar-refractivity contribution in [2.24, 2.45) is 13.0 Å². The van der Waals surface area contributed by atoms with Gasteiger partial charge in [-0.25, -0.2) is 14.6 Å². The molecule has 2 aliphatic rings. The Morgan fingerprint density at radius 1 is 1.20 bits per heavy atom. The first-order valence-corrected chi connectivity index (χ1v) is 8.66. The molecule has 0 saturated carbocycles. The number of rotatable bonds is 3. The molecular weight excluding hydrogens is 318 g/mol. The molecular formula is C17H19N7O. The van der Waals surface area contributed by atoms with Crippen LogP contribution < -0.4 is 10.5 Å². The van der Waals surface area contributed by atoms with Gasteiger partial charge >= 0.3 is 0 Å². The number of hydrogen-bond donors (Lipinski definition) is 0. The smallest absolute Gasteiger partial charge is 0.267 e. The molecule has 1 saturated heterocycles. The third-order valence-corrected chi connectivity index (χ3v) is 5.12.